The molecule has 1 unspecified atom stereocenters. The van der Waals surface area contributed by atoms with Crippen molar-refractivity contribution >= 4 is 11.8 Å². The largest absolute Gasteiger partial charge is 0.457 e. The molecule has 0 radical (unpaired) electrons. The molecule has 3 N–H and O–H groups in total. The highest BCUT2D eigenvalue weighted by molar-refractivity contribution is 5.93. The lowest BCUT2D eigenvalue weighted by molar-refractivity contribution is -0.121. The molecule has 0 spiro atoms. The molecule has 1 saturated heterocycles. The van der Waals surface area contributed by atoms with Gasteiger partial charge >= 0.3 is 0 Å². The van der Waals surface area contributed by atoms with Gasteiger partial charge in [-0.3, -0.25) is 14.6 Å². The molecule has 2 aromatic rings. The van der Waals surface area contributed by atoms with Crippen LogP contribution < -0.4 is 15.8 Å². The summed E-state index contributed by atoms with van der Waals surface area (Å²) in [6, 6.07) is 12.7. The van der Waals surface area contributed by atoms with Crippen LogP contribution in [-0.4, -0.2) is 47.4 Å². The fourth-order valence-electron chi connectivity index (χ4n) is 3.29. The number of nitrogens with two attached hydrogens (primary N) is 1. The number of benzene rings is 1. The Bertz CT molecular complexity index is 797. The minimum Gasteiger partial charge on any atom is -0.457 e. The minimum absolute atomic E-state index is 0.0385. The van der Waals surface area contributed by atoms with E-state index in [4.69, 9.17) is 10.5 Å². The number of ether oxygens (including phenoxy) is 1. The minimum atomic E-state index is -0.142. The van der Waals surface area contributed by atoms with Gasteiger partial charge in [-0.15, -0.1) is 0 Å². The van der Waals surface area contributed by atoms with Crippen LogP contribution in [0.3, 0.4) is 0 Å². The Morgan fingerprint density at radius 1 is 1.18 bits per heavy atom. The highest BCUT2D eigenvalue weighted by Crippen LogP contribution is 2.23. The summed E-state index contributed by atoms with van der Waals surface area (Å²) in [5, 5.41) is 2.88. The van der Waals surface area contributed by atoms with Gasteiger partial charge in [-0.1, -0.05) is 18.2 Å². The highest BCUT2D eigenvalue weighted by atomic mass is 16.5. The highest BCUT2D eigenvalue weighted by Gasteiger charge is 2.28. The molecular formula is C21H26N4O3. The lowest BCUT2D eigenvalue weighted by Gasteiger charge is -2.35. The van der Waals surface area contributed by atoms with E-state index in [-0.39, 0.29) is 17.9 Å². The number of amides is 2. The third kappa shape index (κ3) is 5.29. The van der Waals surface area contributed by atoms with Crippen LogP contribution in [0.15, 0.2) is 48.7 Å². The standard InChI is InChI=1S/C21H26N4O3/c22-11-9-20(26)24-15-16-6-4-5-13-25(16)21(27)19-14-18(10-12-23-19)28-17-7-2-1-3-8-17/h1-3,7-8,10,12,14,16H,4-6,9,11,13,15,22H2,(H,24,26). The van der Waals surface area contributed by atoms with Gasteiger partial charge in [0.2, 0.25) is 5.91 Å². The summed E-state index contributed by atoms with van der Waals surface area (Å²) >= 11 is 0. The summed E-state index contributed by atoms with van der Waals surface area (Å²) in [5.74, 6) is 1.04. The average Bonchev–Trinajstić information content (AvgIpc) is 2.73. The van der Waals surface area contributed by atoms with E-state index in [1.165, 1.54) is 0 Å². The summed E-state index contributed by atoms with van der Waals surface area (Å²) < 4.78 is 5.81. The van der Waals surface area contributed by atoms with Crippen molar-refractivity contribution in [1.82, 2.24) is 15.2 Å². The van der Waals surface area contributed by atoms with E-state index < -0.39 is 0 Å². The Morgan fingerprint density at radius 3 is 2.79 bits per heavy atom. The van der Waals surface area contributed by atoms with Gasteiger partial charge in [0.05, 0.1) is 0 Å². The summed E-state index contributed by atoms with van der Waals surface area (Å²) in [7, 11) is 0. The smallest absolute Gasteiger partial charge is 0.272 e. The zero-order chi connectivity index (χ0) is 19.8. The van der Waals surface area contributed by atoms with Gasteiger partial charge in [0.15, 0.2) is 0 Å². The molecule has 1 aliphatic heterocycles. The second-order valence-electron chi connectivity index (χ2n) is 6.78. The molecule has 28 heavy (non-hydrogen) atoms. The van der Waals surface area contributed by atoms with E-state index in [1.807, 2.05) is 30.3 Å². The van der Waals surface area contributed by atoms with Crippen molar-refractivity contribution < 1.29 is 14.3 Å². The van der Waals surface area contributed by atoms with Gasteiger partial charge in [-0.2, -0.15) is 0 Å². The van der Waals surface area contributed by atoms with E-state index in [9.17, 15) is 9.59 Å². The molecule has 0 aliphatic carbocycles. The quantitative estimate of drug-likeness (QED) is 0.766. The zero-order valence-corrected chi connectivity index (χ0v) is 15.8. The molecular weight excluding hydrogens is 356 g/mol. The molecule has 1 aromatic carbocycles. The van der Waals surface area contributed by atoms with Crippen LogP contribution in [0.2, 0.25) is 0 Å². The number of hydrogen-bond donors (Lipinski definition) is 2. The number of para-hydroxylation sites is 1. The van der Waals surface area contributed by atoms with Crippen LogP contribution in [0.1, 0.15) is 36.2 Å². The first-order valence-corrected chi connectivity index (χ1v) is 9.64. The maximum absolute atomic E-state index is 13.1. The molecule has 148 valence electrons. The Kier molecular flexibility index (Phi) is 6.97. The number of nitrogens with zero attached hydrogens (tertiary/aromatic N) is 2. The number of aromatic nitrogens is 1. The second kappa shape index (κ2) is 9.85. The average molecular weight is 382 g/mol. The van der Waals surface area contributed by atoms with Gasteiger partial charge in [-0.05, 0) is 37.5 Å². The number of rotatable bonds is 7. The Hall–Kier alpha value is -2.93. The molecule has 2 heterocycles. The number of hydrogen-bond acceptors (Lipinski definition) is 5. The SMILES string of the molecule is NCCC(=O)NCC1CCCCN1C(=O)c1cc(Oc2ccccc2)ccn1. The lowest BCUT2D eigenvalue weighted by Crippen LogP contribution is -2.49. The molecule has 3 rings (SSSR count). The van der Waals surface area contributed by atoms with E-state index in [1.54, 1.807) is 23.2 Å². The van der Waals surface area contributed by atoms with Crippen LogP contribution in [0.4, 0.5) is 0 Å². The zero-order valence-electron chi connectivity index (χ0n) is 15.8. The Labute approximate surface area is 164 Å². The summed E-state index contributed by atoms with van der Waals surface area (Å²) in [5.41, 5.74) is 5.75. The van der Waals surface area contributed by atoms with Crippen LogP contribution >= 0.6 is 0 Å². The third-order valence-electron chi connectivity index (χ3n) is 4.72. The van der Waals surface area contributed by atoms with Crippen molar-refractivity contribution in [3.8, 4) is 11.5 Å². The van der Waals surface area contributed by atoms with E-state index in [0.717, 1.165) is 19.3 Å². The fourth-order valence-corrected chi connectivity index (χ4v) is 3.29. The van der Waals surface area contributed by atoms with Crippen molar-refractivity contribution in [2.75, 3.05) is 19.6 Å². The molecule has 7 heteroatoms. The first kappa shape index (κ1) is 19.8. The van der Waals surface area contributed by atoms with Crippen LogP contribution in [0, 0.1) is 0 Å². The normalized spacial score (nSPS) is 16.5. The maximum Gasteiger partial charge on any atom is 0.272 e. The topological polar surface area (TPSA) is 97.6 Å². The summed E-state index contributed by atoms with van der Waals surface area (Å²) in [4.78, 5) is 30.8. The monoisotopic (exact) mass is 382 g/mol. The fraction of sp³-hybridized carbons (Fsp3) is 0.381. The molecule has 0 bridgehead atoms. The molecule has 2 amide bonds. The van der Waals surface area contributed by atoms with Gasteiger partial charge in [-0.25, -0.2) is 0 Å². The van der Waals surface area contributed by atoms with Crippen molar-refractivity contribution in [2.45, 2.75) is 31.7 Å². The van der Waals surface area contributed by atoms with E-state index >= 15 is 0 Å². The van der Waals surface area contributed by atoms with Crippen molar-refractivity contribution in [1.29, 1.82) is 0 Å². The number of likely N-dealkylation sites (tertiary alicyclic amines) is 1. The molecule has 7 nitrogen and oxygen atoms in total. The molecule has 0 saturated carbocycles. The van der Waals surface area contributed by atoms with Gasteiger partial charge in [0, 0.05) is 44.4 Å². The second-order valence-corrected chi connectivity index (χ2v) is 6.78. The van der Waals surface area contributed by atoms with Crippen LogP contribution in [-0.2, 0) is 4.79 Å². The lowest BCUT2D eigenvalue weighted by atomic mass is 10.0. The number of carbonyl (C=O) groups excluding carboxylic acids is 2. The molecule has 1 aliphatic rings. The third-order valence-corrected chi connectivity index (χ3v) is 4.72. The summed E-state index contributed by atoms with van der Waals surface area (Å²) in [6.45, 7) is 1.41. The maximum atomic E-state index is 13.1. The molecule has 1 atom stereocenters. The van der Waals surface area contributed by atoms with E-state index in [0.29, 0.717) is 43.2 Å². The Balaban J connectivity index is 1.68. The predicted molar refractivity (Wildman–Crippen MR) is 106 cm³/mol. The number of carbonyl (C=O) groups is 2. The van der Waals surface area contributed by atoms with Crippen LogP contribution in [0.25, 0.3) is 0 Å². The Morgan fingerprint density at radius 2 is 2.00 bits per heavy atom. The van der Waals surface area contributed by atoms with E-state index in [2.05, 4.69) is 10.3 Å². The number of pyridine rings is 1. The predicted octanol–water partition coefficient (Wildman–Crippen LogP) is 2.33. The summed E-state index contributed by atoms with van der Waals surface area (Å²) in [6.07, 6.45) is 4.70. The van der Waals surface area contributed by atoms with Crippen molar-refractivity contribution in [2.24, 2.45) is 5.73 Å². The van der Waals surface area contributed by atoms with Gasteiger partial charge in [0.25, 0.3) is 5.91 Å². The first-order chi connectivity index (χ1) is 13.7. The molecule has 1 fully saturated rings. The van der Waals surface area contributed by atoms with Crippen molar-refractivity contribution in [3.05, 3.63) is 54.4 Å². The van der Waals surface area contributed by atoms with Crippen LogP contribution in [0.5, 0.6) is 11.5 Å². The van der Waals surface area contributed by atoms with Gasteiger partial charge in [0.1, 0.15) is 17.2 Å². The van der Waals surface area contributed by atoms with Gasteiger partial charge < -0.3 is 20.7 Å². The van der Waals surface area contributed by atoms with Crippen molar-refractivity contribution in [3.63, 3.8) is 0 Å². The first-order valence-electron chi connectivity index (χ1n) is 9.64. The number of nitrogens with one attached hydrogen (secondary N) is 1. The molecule has 1 aromatic heterocycles. The number of piperidine rings is 1.